The molecule has 0 spiro atoms. The lowest BCUT2D eigenvalue weighted by atomic mass is 9.79. The Labute approximate surface area is 102 Å². The first-order chi connectivity index (χ1) is 7.63. The fourth-order valence-corrected chi connectivity index (χ4v) is 3.17. The van der Waals surface area contributed by atoms with Crippen LogP contribution in [-0.4, -0.2) is 12.6 Å². The summed E-state index contributed by atoms with van der Waals surface area (Å²) in [6.45, 7) is 10.5. The van der Waals surface area contributed by atoms with Crippen molar-refractivity contribution in [3.63, 3.8) is 0 Å². The number of rotatable bonds is 6. The van der Waals surface area contributed by atoms with Crippen molar-refractivity contribution in [2.24, 2.45) is 17.8 Å². The van der Waals surface area contributed by atoms with Crippen molar-refractivity contribution in [1.82, 2.24) is 5.32 Å². The second-order valence-corrected chi connectivity index (χ2v) is 6.12. The third-order valence-electron chi connectivity index (χ3n) is 4.20. The largest absolute Gasteiger partial charge is 0.314 e. The maximum Gasteiger partial charge on any atom is 0.00900 e. The highest BCUT2D eigenvalue weighted by Gasteiger charge is 2.20. The zero-order chi connectivity index (χ0) is 12.0. The Morgan fingerprint density at radius 3 is 2.56 bits per heavy atom. The van der Waals surface area contributed by atoms with Crippen LogP contribution in [0.15, 0.2) is 0 Å². The molecule has 1 heteroatoms. The minimum absolute atomic E-state index is 0.738. The predicted molar refractivity (Wildman–Crippen MR) is 72.7 cm³/mol. The monoisotopic (exact) mass is 225 g/mol. The molecule has 0 aromatic rings. The summed E-state index contributed by atoms with van der Waals surface area (Å²) in [6, 6.07) is 0.738. The highest BCUT2D eigenvalue weighted by Crippen LogP contribution is 2.32. The Morgan fingerprint density at radius 1 is 1.25 bits per heavy atom. The average Bonchev–Trinajstić information content (AvgIpc) is 2.24. The van der Waals surface area contributed by atoms with Gasteiger partial charge in [0.05, 0.1) is 0 Å². The van der Waals surface area contributed by atoms with E-state index in [9.17, 15) is 0 Å². The highest BCUT2D eigenvalue weighted by atomic mass is 14.9. The van der Waals surface area contributed by atoms with Crippen molar-refractivity contribution in [3.05, 3.63) is 0 Å². The molecule has 1 saturated carbocycles. The zero-order valence-corrected chi connectivity index (χ0v) is 11.8. The van der Waals surface area contributed by atoms with Crippen molar-refractivity contribution in [2.45, 2.75) is 72.3 Å². The van der Waals surface area contributed by atoms with Crippen molar-refractivity contribution < 1.29 is 0 Å². The summed E-state index contributed by atoms with van der Waals surface area (Å²) in [6.07, 6.45) is 8.73. The molecular formula is C15H31N. The molecule has 1 fully saturated rings. The molecule has 0 heterocycles. The molecule has 3 unspecified atom stereocenters. The molecule has 0 aliphatic heterocycles. The maximum atomic E-state index is 3.63. The standard InChI is InChI=1S/C15H31N/c1-5-16-15(12(2)3)10-9-14-8-6-7-13(4)11-14/h12-16H,5-11H2,1-4H3. The van der Waals surface area contributed by atoms with Crippen LogP contribution >= 0.6 is 0 Å². The molecule has 0 amide bonds. The van der Waals surface area contributed by atoms with Gasteiger partial charge in [-0.1, -0.05) is 47.0 Å². The lowest BCUT2D eigenvalue weighted by Gasteiger charge is -2.29. The molecular weight excluding hydrogens is 194 g/mol. The third kappa shape index (κ3) is 4.86. The highest BCUT2D eigenvalue weighted by molar-refractivity contribution is 4.75. The SMILES string of the molecule is CCNC(CCC1CCCC(C)C1)C(C)C. The van der Waals surface area contributed by atoms with Crippen molar-refractivity contribution in [1.29, 1.82) is 0 Å². The average molecular weight is 225 g/mol. The van der Waals surface area contributed by atoms with Gasteiger partial charge in [0.15, 0.2) is 0 Å². The fraction of sp³-hybridized carbons (Fsp3) is 1.00. The summed E-state index contributed by atoms with van der Waals surface area (Å²) in [5.41, 5.74) is 0. The molecule has 1 aliphatic rings. The normalized spacial score (nSPS) is 28.3. The summed E-state index contributed by atoms with van der Waals surface area (Å²) in [5.74, 6) is 2.78. The van der Waals surface area contributed by atoms with Gasteiger partial charge in [0.1, 0.15) is 0 Å². The molecule has 1 rings (SSSR count). The molecule has 0 aromatic heterocycles. The first-order valence-electron chi connectivity index (χ1n) is 7.36. The van der Waals surface area contributed by atoms with Crippen LogP contribution in [-0.2, 0) is 0 Å². The summed E-state index contributed by atoms with van der Waals surface area (Å²) in [7, 11) is 0. The molecule has 16 heavy (non-hydrogen) atoms. The predicted octanol–water partition coefficient (Wildman–Crippen LogP) is 4.23. The first kappa shape index (κ1) is 14.0. The van der Waals surface area contributed by atoms with E-state index in [4.69, 9.17) is 0 Å². The van der Waals surface area contributed by atoms with Crippen LogP contribution in [0.4, 0.5) is 0 Å². The van der Waals surface area contributed by atoms with E-state index in [-0.39, 0.29) is 0 Å². The van der Waals surface area contributed by atoms with Gasteiger partial charge < -0.3 is 5.32 Å². The van der Waals surface area contributed by atoms with Gasteiger partial charge in [-0.05, 0) is 43.6 Å². The van der Waals surface area contributed by atoms with E-state index in [0.717, 1.165) is 30.3 Å². The Balaban J connectivity index is 2.25. The van der Waals surface area contributed by atoms with E-state index in [0.29, 0.717) is 0 Å². The lowest BCUT2D eigenvalue weighted by molar-refractivity contribution is 0.247. The van der Waals surface area contributed by atoms with Gasteiger partial charge >= 0.3 is 0 Å². The van der Waals surface area contributed by atoms with E-state index in [1.165, 1.54) is 38.5 Å². The van der Waals surface area contributed by atoms with Gasteiger partial charge in [-0.25, -0.2) is 0 Å². The molecule has 1 aliphatic carbocycles. The van der Waals surface area contributed by atoms with Gasteiger partial charge in [-0.15, -0.1) is 0 Å². The first-order valence-corrected chi connectivity index (χ1v) is 7.36. The van der Waals surface area contributed by atoms with E-state index in [1.54, 1.807) is 0 Å². The van der Waals surface area contributed by atoms with E-state index in [2.05, 4.69) is 33.0 Å². The quantitative estimate of drug-likeness (QED) is 0.713. The molecule has 1 nitrogen and oxygen atoms in total. The molecule has 0 bridgehead atoms. The minimum atomic E-state index is 0.738. The molecule has 96 valence electrons. The summed E-state index contributed by atoms with van der Waals surface area (Å²) < 4.78 is 0. The Hall–Kier alpha value is -0.0400. The molecule has 3 atom stereocenters. The summed E-state index contributed by atoms with van der Waals surface area (Å²) in [4.78, 5) is 0. The second kappa shape index (κ2) is 7.32. The van der Waals surface area contributed by atoms with Crippen LogP contribution in [0.1, 0.15) is 66.2 Å². The molecule has 0 aromatic carbocycles. The number of nitrogens with one attached hydrogen (secondary N) is 1. The third-order valence-corrected chi connectivity index (χ3v) is 4.20. The maximum absolute atomic E-state index is 3.63. The fourth-order valence-electron chi connectivity index (χ4n) is 3.17. The van der Waals surface area contributed by atoms with Crippen LogP contribution < -0.4 is 5.32 Å². The van der Waals surface area contributed by atoms with Gasteiger partial charge in [-0.3, -0.25) is 0 Å². The van der Waals surface area contributed by atoms with Crippen LogP contribution in [0, 0.1) is 17.8 Å². The number of hydrogen-bond acceptors (Lipinski definition) is 1. The van der Waals surface area contributed by atoms with E-state index < -0.39 is 0 Å². The molecule has 0 saturated heterocycles. The van der Waals surface area contributed by atoms with Crippen molar-refractivity contribution in [3.8, 4) is 0 Å². The van der Waals surface area contributed by atoms with Gasteiger partial charge in [0.2, 0.25) is 0 Å². The Bertz CT molecular complexity index is 176. The Kier molecular flexibility index (Phi) is 6.41. The van der Waals surface area contributed by atoms with E-state index in [1.807, 2.05) is 0 Å². The topological polar surface area (TPSA) is 12.0 Å². The van der Waals surface area contributed by atoms with Gasteiger partial charge in [-0.2, -0.15) is 0 Å². The zero-order valence-electron chi connectivity index (χ0n) is 11.8. The molecule has 0 radical (unpaired) electrons. The van der Waals surface area contributed by atoms with Crippen LogP contribution in [0.3, 0.4) is 0 Å². The van der Waals surface area contributed by atoms with E-state index >= 15 is 0 Å². The van der Waals surface area contributed by atoms with Crippen LogP contribution in [0.25, 0.3) is 0 Å². The minimum Gasteiger partial charge on any atom is -0.314 e. The lowest BCUT2D eigenvalue weighted by Crippen LogP contribution is -2.34. The molecule has 1 N–H and O–H groups in total. The summed E-state index contributed by atoms with van der Waals surface area (Å²) >= 11 is 0. The van der Waals surface area contributed by atoms with Gasteiger partial charge in [0, 0.05) is 6.04 Å². The second-order valence-electron chi connectivity index (χ2n) is 6.12. The smallest absolute Gasteiger partial charge is 0.00900 e. The van der Waals surface area contributed by atoms with Gasteiger partial charge in [0.25, 0.3) is 0 Å². The van der Waals surface area contributed by atoms with Crippen LogP contribution in [0.5, 0.6) is 0 Å². The van der Waals surface area contributed by atoms with Crippen LogP contribution in [0.2, 0.25) is 0 Å². The van der Waals surface area contributed by atoms with Crippen molar-refractivity contribution >= 4 is 0 Å². The van der Waals surface area contributed by atoms with Crippen molar-refractivity contribution in [2.75, 3.05) is 6.54 Å². The number of hydrogen-bond donors (Lipinski definition) is 1. The Morgan fingerprint density at radius 2 is 2.00 bits per heavy atom. The summed E-state index contributed by atoms with van der Waals surface area (Å²) in [5, 5.41) is 3.63.